The van der Waals surface area contributed by atoms with Crippen molar-refractivity contribution in [1.29, 1.82) is 0 Å². The largest absolute Gasteiger partial charge is 0.306 e. The van der Waals surface area contributed by atoms with E-state index in [4.69, 9.17) is 11.6 Å². The van der Waals surface area contributed by atoms with Crippen LogP contribution in [0.3, 0.4) is 0 Å². The summed E-state index contributed by atoms with van der Waals surface area (Å²) in [6.07, 6.45) is 0.971. The average Bonchev–Trinajstić information content (AvgIpc) is 2.42. The lowest BCUT2D eigenvalue weighted by atomic mass is 9.98. The van der Waals surface area contributed by atoms with Crippen molar-refractivity contribution in [1.82, 2.24) is 5.32 Å². The summed E-state index contributed by atoms with van der Waals surface area (Å²) < 4.78 is 15.0. The minimum atomic E-state index is -0.239. The predicted molar refractivity (Wildman–Crippen MR) is 85.7 cm³/mol. The lowest BCUT2D eigenvalue weighted by Crippen LogP contribution is -2.24. The number of hydrogen-bond acceptors (Lipinski definition) is 1. The summed E-state index contributed by atoms with van der Waals surface area (Å²) in [6, 6.07) is 12.2. The average molecular weight is 357 g/mol. The van der Waals surface area contributed by atoms with Crippen LogP contribution in [0.4, 0.5) is 4.39 Å². The molecule has 106 valence electrons. The number of nitrogens with one attached hydrogen (secondary N) is 1. The van der Waals surface area contributed by atoms with Crippen molar-refractivity contribution in [2.45, 2.75) is 19.4 Å². The molecule has 0 radical (unpaired) electrons. The normalized spacial score (nSPS) is 12.4. The van der Waals surface area contributed by atoms with Gasteiger partial charge in [0.25, 0.3) is 0 Å². The third kappa shape index (κ3) is 3.60. The van der Waals surface area contributed by atoms with Gasteiger partial charge in [-0.3, -0.25) is 0 Å². The van der Waals surface area contributed by atoms with Crippen LogP contribution in [0.1, 0.15) is 30.5 Å². The van der Waals surface area contributed by atoms with Crippen LogP contribution in [0.2, 0.25) is 5.02 Å². The molecule has 1 unspecified atom stereocenters. The highest BCUT2D eigenvalue weighted by Gasteiger charge is 2.19. The standard InChI is InChI=1S/C16H16BrClFN/c1-2-9-20-16(13-5-3-4-6-15(13)19)12-8-7-11(17)10-14(12)18/h3-8,10,16,20H,2,9H2,1H3. The van der Waals surface area contributed by atoms with Crippen LogP contribution < -0.4 is 5.32 Å². The van der Waals surface area contributed by atoms with Crippen LogP contribution in [-0.4, -0.2) is 6.54 Å². The molecular weight excluding hydrogens is 341 g/mol. The second-order valence-corrected chi connectivity index (χ2v) is 5.90. The van der Waals surface area contributed by atoms with Crippen molar-refractivity contribution in [3.8, 4) is 0 Å². The zero-order valence-electron chi connectivity index (χ0n) is 11.2. The minimum Gasteiger partial charge on any atom is -0.306 e. The number of benzene rings is 2. The van der Waals surface area contributed by atoms with Gasteiger partial charge in [-0.1, -0.05) is 58.7 Å². The van der Waals surface area contributed by atoms with Crippen molar-refractivity contribution in [3.63, 3.8) is 0 Å². The summed E-state index contributed by atoms with van der Waals surface area (Å²) >= 11 is 9.70. The Kier molecular flexibility index (Phi) is 5.58. The molecule has 0 amide bonds. The summed E-state index contributed by atoms with van der Waals surface area (Å²) in [4.78, 5) is 0. The van der Waals surface area contributed by atoms with Gasteiger partial charge < -0.3 is 5.32 Å². The Morgan fingerprint density at radius 3 is 2.60 bits per heavy atom. The first-order chi connectivity index (χ1) is 9.63. The minimum absolute atomic E-state index is 0.222. The van der Waals surface area contributed by atoms with Gasteiger partial charge in [0.2, 0.25) is 0 Å². The monoisotopic (exact) mass is 355 g/mol. The van der Waals surface area contributed by atoms with Gasteiger partial charge in [0, 0.05) is 15.1 Å². The van der Waals surface area contributed by atoms with Gasteiger partial charge in [-0.2, -0.15) is 0 Å². The molecular formula is C16H16BrClFN. The molecule has 0 bridgehead atoms. The van der Waals surface area contributed by atoms with E-state index in [1.54, 1.807) is 12.1 Å². The molecule has 0 aromatic heterocycles. The van der Waals surface area contributed by atoms with E-state index in [1.165, 1.54) is 6.07 Å². The zero-order chi connectivity index (χ0) is 14.5. The molecule has 0 aliphatic rings. The van der Waals surface area contributed by atoms with Crippen LogP contribution in [0.25, 0.3) is 0 Å². The fourth-order valence-corrected chi connectivity index (χ4v) is 2.90. The molecule has 0 saturated carbocycles. The van der Waals surface area contributed by atoms with Crippen LogP contribution in [0.15, 0.2) is 46.9 Å². The second kappa shape index (κ2) is 7.21. The molecule has 0 spiro atoms. The van der Waals surface area contributed by atoms with E-state index in [9.17, 15) is 4.39 Å². The molecule has 2 aromatic carbocycles. The van der Waals surface area contributed by atoms with Crippen LogP contribution in [0, 0.1) is 5.82 Å². The number of rotatable bonds is 5. The molecule has 2 aromatic rings. The molecule has 20 heavy (non-hydrogen) atoms. The lowest BCUT2D eigenvalue weighted by molar-refractivity contribution is 0.547. The molecule has 0 aliphatic carbocycles. The Balaban J connectivity index is 2.44. The summed E-state index contributed by atoms with van der Waals surface area (Å²) in [5.41, 5.74) is 1.50. The Labute approximate surface area is 132 Å². The highest BCUT2D eigenvalue weighted by atomic mass is 79.9. The molecule has 0 saturated heterocycles. The van der Waals surface area contributed by atoms with Crippen molar-refractivity contribution in [2.24, 2.45) is 0 Å². The lowest BCUT2D eigenvalue weighted by Gasteiger charge is -2.21. The Morgan fingerprint density at radius 2 is 1.95 bits per heavy atom. The topological polar surface area (TPSA) is 12.0 Å². The van der Waals surface area contributed by atoms with E-state index in [1.807, 2.05) is 24.3 Å². The van der Waals surface area contributed by atoms with Crippen molar-refractivity contribution in [3.05, 3.63) is 68.9 Å². The van der Waals surface area contributed by atoms with Crippen molar-refractivity contribution < 1.29 is 4.39 Å². The van der Waals surface area contributed by atoms with Gasteiger partial charge in [-0.05, 0) is 36.7 Å². The van der Waals surface area contributed by atoms with Gasteiger partial charge in [-0.25, -0.2) is 4.39 Å². The SMILES string of the molecule is CCCNC(c1ccccc1F)c1ccc(Br)cc1Cl. The molecule has 0 heterocycles. The maximum atomic E-state index is 14.1. The third-order valence-electron chi connectivity index (χ3n) is 3.09. The molecule has 0 fully saturated rings. The highest BCUT2D eigenvalue weighted by molar-refractivity contribution is 9.10. The van der Waals surface area contributed by atoms with Crippen molar-refractivity contribution >= 4 is 27.5 Å². The van der Waals surface area contributed by atoms with E-state index in [0.29, 0.717) is 10.6 Å². The van der Waals surface area contributed by atoms with Gasteiger partial charge in [0.15, 0.2) is 0 Å². The highest BCUT2D eigenvalue weighted by Crippen LogP contribution is 2.31. The van der Waals surface area contributed by atoms with Crippen LogP contribution in [-0.2, 0) is 0 Å². The first-order valence-corrected chi connectivity index (χ1v) is 7.73. The molecule has 1 nitrogen and oxygen atoms in total. The van der Waals surface area contributed by atoms with Gasteiger partial charge in [0.05, 0.1) is 6.04 Å². The molecule has 2 rings (SSSR count). The zero-order valence-corrected chi connectivity index (χ0v) is 13.5. The summed E-state index contributed by atoms with van der Waals surface area (Å²) in [7, 11) is 0. The number of hydrogen-bond donors (Lipinski definition) is 1. The quantitative estimate of drug-likeness (QED) is 0.763. The predicted octanol–water partition coefficient (Wildman–Crippen LogP) is 5.33. The van der Waals surface area contributed by atoms with Gasteiger partial charge in [-0.15, -0.1) is 0 Å². The Hall–Kier alpha value is -0.900. The summed E-state index contributed by atoms with van der Waals surface area (Å²) in [6.45, 7) is 2.87. The van der Waals surface area contributed by atoms with E-state index in [0.717, 1.165) is 23.0 Å². The fourth-order valence-electron chi connectivity index (χ4n) is 2.12. The smallest absolute Gasteiger partial charge is 0.128 e. The Morgan fingerprint density at radius 1 is 1.20 bits per heavy atom. The van der Waals surface area contributed by atoms with E-state index in [2.05, 4.69) is 28.2 Å². The maximum absolute atomic E-state index is 14.1. The van der Waals surface area contributed by atoms with Crippen LogP contribution >= 0.6 is 27.5 Å². The molecule has 1 atom stereocenters. The molecule has 4 heteroatoms. The number of halogens is 3. The third-order valence-corrected chi connectivity index (χ3v) is 3.91. The first-order valence-electron chi connectivity index (χ1n) is 6.56. The van der Waals surface area contributed by atoms with Gasteiger partial charge >= 0.3 is 0 Å². The Bertz CT molecular complexity index is 588. The van der Waals surface area contributed by atoms with E-state index >= 15 is 0 Å². The van der Waals surface area contributed by atoms with Crippen molar-refractivity contribution in [2.75, 3.05) is 6.54 Å². The van der Waals surface area contributed by atoms with E-state index in [-0.39, 0.29) is 11.9 Å². The first kappa shape index (κ1) is 15.5. The maximum Gasteiger partial charge on any atom is 0.128 e. The van der Waals surface area contributed by atoms with E-state index < -0.39 is 0 Å². The summed E-state index contributed by atoms with van der Waals surface area (Å²) in [5, 5.41) is 3.98. The fraction of sp³-hybridized carbons (Fsp3) is 0.250. The second-order valence-electron chi connectivity index (χ2n) is 4.57. The molecule has 0 aliphatic heterocycles. The van der Waals surface area contributed by atoms with Gasteiger partial charge in [0.1, 0.15) is 5.82 Å². The van der Waals surface area contributed by atoms with Crippen LogP contribution in [0.5, 0.6) is 0 Å². The molecule has 1 N–H and O–H groups in total. The summed E-state index contributed by atoms with van der Waals surface area (Å²) in [5.74, 6) is -0.222.